The summed E-state index contributed by atoms with van der Waals surface area (Å²) in [6.45, 7) is 7.10. The van der Waals surface area contributed by atoms with Crippen molar-refractivity contribution in [2.45, 2.75) is 33.3 Å². The number of nitrogens with zero attached hydrogens (tertiary/aromatic N) is 1. The topological polar surface area (TPSA) is 48.3 Å². The maximum Gasteiger partial charge on any atom is 0.418 e. The van der Waals surface area contributed by atoms with E-state index in [2.05, 4.69) is 0 Å². The average Bonchev–Trinajstić information content (AvgIpc) is 2.84. The monoisotopic (exact) mass is 331 g/mol. The lowest BCUT2D eigenvalue weighted by molar-refractivity contribution is -0.109. The minimum Gasteiger partial charge on any atom is -0.443 e. The Labute approximate surface area is 140 Å². The number of rotatable bonds is 3. The first-order valence-corrected chi connectivity index (χ1v) is 8.39. The molecule has 122 valence electrons. The maximum absolute atomic E-state index is 12.2. The standard InChI is InChI=1S/C18H21NO3S/c1-13(20)23-11-5-6-14-7-8-16-15(12-14)9-10-19(16)17(21)22-18(2,3)4/h5-10,12H,11H2,1-4H3. The van der Waals surface area contributed by atoms with Crippen LogP contribution in [0.15, 0.2) is 36.5 Å². The van der Waals surface area contributed by atoms with E-state index in [1.54, 1.807) is 13.1 Å². The summed E-state index contributed by atoms with van der Waals surface area (Å²) in [6, 6.07) is 7.74. The molecule has 1 aromatic carbocycles. The van der Waals surface area contributed by atoms with Gasteiger partial charge in [-0.15, -0.1) is 0 Å². The molecule has 0 saturated carbocycles. The van der Waals surface area contributed by atoms with Gasteiger partial charge in [0, 0.05) is 24.3 Å². The Bertz CT molecular complexity index is 753. The largest absolute Gasteiger partial charge is 0.443 e. The minimum atomic E-state index is -0.523. The third-order valence-corrected chi connectivity index (χ3v) is 3.76. The molecule has 0 aliphatic rings. The zero-order chi connectivity index (χ0) is 17.0. The van der Waals surface area contributed by atoms with E-state index in [-0.39, 0.29) is 11.2 Å². The molecule has 4 nitrogen and oxygen atoms in total. The molecule has 1 heterocycles. The molecule has 5 heteroatoms. The van der Waals surface area contributed by atoms with Gasteiger partial charge in [-0.1, -0.05) is 30.0 Å². The van der Waals surface area contributed by atoms with Crippen LogP contribution in [0.4, 0.5) is 4.79 Å². The number of benzene rings is 1. The summed E-state index contributed by atoms with van der Waals surface area (Å²) in [4.78, 5) is 23.1. The van der Waals surface area contributed by atoms with Crippen LogP contribution in [0.5, 0.6) is 0 Å². The molecule has 0 atom stereocenters. The van der Waals surface area contributed by atoms with Crippen molar-refractivity contribution in [2.75, 3.05) is 5.75 Å². The van der Waals surface area contributed by atoms with Gasteiger partial charge in [-0.05, 0) is 44.5 Å². The predicted octanol–water partition coefficient (Wildman–Crippen LogP) is 4.72. The lowest BCUT2D eigenvalue weighted by atomic mass is 10.1. The van der Waals surface area contributed by atoms with Crippen molar-refractivity contribution in [3.8, 4) is 0 Å². The summed E-state index contributed by atoms with van der Waals surface area (Å²) in [5.41, 5.74) is 1.32. The van der Waals surface area contributed by atoms with Crippen LogP contribution < -0.4 is 0 Å². The van der Waals surface area contributed by atoms with E-state index in [1.807, 2.05) is 57.2 Å². The molecular weight excluding hydrogens is 310 g/mol. The molecule has 0 fully saturated rings. The molecule has 0 bridgehead atoms. The molecule has 23 heavy (non-hydrogen) atoms. The second-order valence-corrected chi connectivity index (χ2v) is 7.39. The summed E-state index contributed by atoms with van der Waals surface area (Å²) < 4.78 is 6.91. The Hall–Kier alpha value is -2.01. The van der Waals surface area contributed by atoms with Gasteiger partial charge in [0.15, 0.2) is 5.12 Å². The number of carbonyl (C=O) groups excluding carboxylic acids is 2. The van der Waals surface area contributed by atoms with Crippen LogP contribution in [-0.4, -0.2) is 27.1 Å². The van der Waals surface area contributed by atoms with Crippen molar-refractivity contribution in [3.63, 3.8) is 0 Å². The van der Waals surface area contributed by atoms with E-state index in [4.69, 9.17) is 4.74 Å². The van der Waals surface area contributed by atoms with Gasteiger partial charge in [0.25, 0.3) is 0 Å². The normalized spacial score (nSPS) is 12.0. The fraction of sp³-hybridized carbons (Fsp3) is 0.333. The molecule has 0 aliphatic heterocycles. The molecule has 0 aliphatic carbocycles. The predicted molar refractivity (Wildman–Crippen MR) is 95.7 cm³/mol. The van der Waals surface area contributed by atoms with Gasteiger partial charge in [0.2, 0.25) is 0 Å². The highest BCUT2D eigenvalue weighted by Crippen LogP contribution is 2.20. The van der Waals surface area contributed by atoms with E-state index in [1.165, 1.54) is 16.3 Å². The van der Waals surface area contributed by atoms with Crippen LogP contribution in [0.2, 0.25) is 0 Å². The average molecular weight is 331 g/mol. The highest BCUT2D eigenvalue weighted by atomic mass is 32.2. The van der Waals surface area contributed by atoms with E-state index in [0.29, 0.717) is 5.75 Å². The van der Waals surface area contributed by atoms with E-state index in [9.17, 15) is 9.59 Å². The first-order valence-electron chi connectivity index (χ1n) is 7.41. The number of hydrogen-bond donors (Lipinski definition) is 0. The Morgan fingerprint density at radius 2 is 2.00 bits per heavy atom. The lowest BCUT2D eigenvalue weighted by Gasteiger charge is -2.19. The van der Waals surface area contributed by atoms with Crippen molar-refractivity contribution in [3.05, 3.63) is 42.1 Å². The molecule has 2 rings (SSSR count). The van der Waals surface area contributed by atoms with Crippen molar-refractivity contribution in [2.24, 2.45) is 0 Å². The molecule has 0 radical (unpaired) electrons. The summed E-state index contributed by atoms with van der Waals surface area (Å²) in [5.74, 6) is 0.659. The Kier molecular flexibility index (Phi) is 5.31. The van der Waals surface area contributed by atoms with Gasteiger partial charge in [0.05, 0.1) is 5.52 Å². The quantitative estimate of drug-likeness (QED) is 0.816. The van der Waals surface area contributed by atoms with Crippen molar-refractivity contribution in [1.82, 2.24) is 4.57 Å². The van der Waals surface area contributed by atoms with Gasteiger partial charge in [0.1, 0.15) is 5.60 Å². The van der Waals surface area contributed by atoms with Crippen molar-refractivity contribution >= 4 is 39.9 Å². The number of carbonyl (C=O) groups is 2. The second-order valence-electron chi connectivity index (χ2n) is 6.19. The van der Waals surface area contributed by atoms with Crippen LogP contribution in [0.1, 0.15) is 33.3 Å². The number of thioether (sulfide) groups is 1. The van der Waals surface area contributed by atoms with Crippen LogP contribution >= 0.6 is 11.8 Å². The van der Waals surface area contributed by atoms with Gasteiger partial charge in [-0.3, -0.25) is 9.36 Å². The number of aromatic nitrogens is 1. The smallest absolute Gasteiger partial charge is 0.418 e. The van der Waals surface area contributed by atoms with E-state index < -0.39 is 5.60 Å². The van der Waals surface area contributed by atoms with Gasteiger partial charge >= 0.3 is 6.09 Å². The summed E-state index contributed by atoms with van der Waals surface area (Å²) in [6.07, 6.45) is 5.27. The Morgan fingerprint density at radius 3 is 2.65 bits per heavy atom. The van der Waals surface area contributed by atoms with Crippen molar-refractivity contribution < 1.29 is 14.3 Å². The first kappa shape index (κ1) is 17.3. The van der Waals surface area contributed by atoms with Crippen LogP contribution in [0, 0.1) is 0 Å². The fourth-order valence-electron chi connectivity index (χ4n) is 2.08. The highest BCUT2D eigenvalue weighted by Gasteiger charge is 2.18. The van der Waals surface area contributed by atoms with Crippen LogP contribution in [0.25, 0.3) is 17.0 Å². The molecule has 0 spiro atoms. The molecule has 0 saturated heterocycles. The summed E-state index contributed by atoms with van der Waals surface area (Å²) in [7, 11) is 0. The Morgan fingerprint density at radius 1 is 1.26 bits per heavy atom. The number of fused-ring (bicyclic) bond motifs is 1. The maximum atomic E-state index is 12.2. The molecule has 0 N–H and O–H groups in total. The van der Waals surface area contributed by atoms with Crippen molar-refractivity contribution in [1.29, 1.82) is 0 Å². The fourth-order valence-corrected chi connectivity index (χ4v) is 2.51. The molecule has 0 unspecified atom stereocenters. The third-order valence-electron chi connectivity index (χ3n) is 3.00. The lowest BCUT2D eigenvalue weighted by Crippen LogP contribution is -2.26. The molecular formula is C18H21NO3S. The van der Waals surface area contributed by atoms with Gasteiger partial charge in [-0.2, -0.15) is 0 Å². The number of ether oxygens (including phenoxy) is 1. The number of hydrogen-bond acceptors (Lipinski definition) is 4. The highest BCUT2D eigenvalue weighted by molar-refractivity contribution is 8.13. The first-order chi connectivity index (χ1) is 10.8. The third kappa shape index (κ3) is 4.99. The zero-order valence-corrected chi connectivity index (χ0v) is 14.6. The van der Waals surface area contributed by atoms with Crippen LogP contribution in [-0.2, 0) is 9.53 Å². The van der Waals surface area contributed by atoms with E-state index in [0.717, 1.165) is 16.5 Å². The molecule has 1 aromatic heterocycles. The molecule has 0 amide bonds. The van der Waals surface area contributed by atoms with Crippen LogP contribution in [0.3, 0.4) is 0 Å². The zero-order valence-electron chi connectivity index (χ0n) is 13.8. The van der Waals surface area contributed by atoms with E-state index >= 15 is 0 Å². The molecule has 2 aromatic rings. The summed E-state index contributed by atoms with van der Waals surface area (Å²) in [5, 5.41) is 1.08. The van der Waals surface area contributed by atoms with Gasteiger partial charge < -0.3 is 4.74 Å². The second kappa shape index (κ2) is 7.04. The SMILES string of the molecule is CC(=O)SCC=Cc1ccc2c(ccn2C(=O)OC(C)(C)C)c1. The minimum absolute atomic E-state index is 0.111. The Balaban J connectivity index is 2.17. The van der Waals surface area contributed by atoms with Gasteiger partial charge in [-0.25, -0.2) is 4.79 Å². The summed E-state index contributed by atoms with van der Waals surface area (Å²) >= 11 is 1.28.